The van der Waals surface area contributed by atoms with Crippen LogP contribution < -0.4 is 10.1 Å². The third-order valence-corrected chi connectivity index (χ3v) is 3.80. The Morgan fingerprint density at radius 3 is 2.62 bits per heavy atom. The van der Waals surface area contributed by atoms with Crippen LogP contribution in [0.25, 0.3) is 11.1 Å². The number of carbonyl (C=O) groups is 1. The summed E-state index contributed by atoms with van der Waals surface area (Å²) in [6.45, 7) is 5.80. The van der Waals surface area contributed by atoms with Gasteiger partial charge in [0.15, 0.2) is 6.79 Å². The third-order valence-electron chi connectivity index (χ3n) is 3.80. The van der Waals surface area contributed by atoms with Crippen LogP contribution in [0, 0.1) is 17.1 Å². The van der Waals surface area contributed by atoms with Crippen molar-refractivity contribution in [3.05, 3.63) is 53.3 Å². The van der Waals surface area contributed by atoms with E-state index in [0.717, 1.165) is 5.56 Å². The van der Waals surface area contributed by atoms with Crippen LogP contribution >= 0.6 is 0 Å². The molecule has 0 aromatic heterocycles. The van der Waals surface area contributed by atoms with Crippen molar-refractivity contribution in [2.45, 2.75) is 32.8 Å². The fourth-order valence-corrected chi connectivity index (χ4v) is 2.64. The number of alkyl carbamates (subject to hydrolysis) is 1. The number of rotatable bonds is 7. The average molecular weight is 400 g/mol. The van der Waals surface area contributed by atoms with Crippen molar-refractivity contribution in [2.24, 2.45) is 0 Å². The monoisotopic (exact) mass is 400 g/mol. The van der Waals surface area contributed by atoms with Gasteiger partial charge in [0.25, 0.3) is 0 Å². The minimum absolute atomic E-state index is 0.0347. The standard InChI is InChI=1S/C22H25FN2O4/c1-22(2,3)29-21(26)25-8-7-15-5-6-20(28-14-27-4)19(11-15)17-9-16(13-24)10-18(23)12-17/h5-6,9-12H,7-8,14H2,1-4H3,(H,25,26). The predicted molar refractivity (Wildman–Crippen MR) is 107 cm³/mol. The molecule has 0 heterocycles. The lowest BCUT2D eigenvalue weighted by atomic mass is 9.99. The number of amides is 1. The molecule has 7 heteroatoms. The van der Waals surface area contributed by atoms with E-state index in [4.69, 9.17) is 19.5 Å². The normalized spacial score (nSPS) is 10.9. The third kappa shape index (κ3) is 7.09. The lowest BCUT2D eigenvalue weighted by Crippen LogP contribution is -2.33. The zero-order chi connectivity index (χ0) is 21.4. The van der Waals surface area contributed by atoms with Crippen LogP contribution in [0.2, 0.25) is 0 Å². The van der Waals surface area contributed by atoms with E-state index in [1.54, 1.807) is 32.9 Å². The summed E-state index contributed by atoms with van der Waals surface area (Å²) >= 11 is 0. The minimum atomic E-state index is -0.562. The Balaban J connectivity index is 2.22. The molecule has 154 valence electrons. The molecule has 1 N–H and O–H groups in total. The molecule has 0 saturated carbocycles. The number of nitriles is 1. The maximum absolute atomic E-state index is 13.9. The zero-order valence-corrected chi connectivity index (χ0v) is 17.0. The number of hydrogen-bond acceptors (Lipinski definition) is 5. The van der Waals surface area contributed by atoms with Crippen molar-refractivity contribution in [1.29, 1.82) is 5.26 Å². The first-order valence-corrected chi connectivity index (χ1v) is 9.14. The summed E-state index contributed by atoms with van der Waals surface area (Å²) in [5.74, 6) is -0.000992. The summed E-state index contributed by atoms with van der Waals surface area (Å²) in [6.07, 6.45) is 0.0542. The number of hydrogen-bond donors (Lipinski definition) is 1. The van der Waals surface area contributed by atoms with Crippen molar-refractivity contribution in [3.8, 4) is 22.9 Å². The first-order chi connectivity index (χ1) is 13.7. The van der Waals surface area contributed by atoms with Crippen molar-refractivity contribution >= 4 is 6.09 Å². The molecule has 1 amide bonds. The molecule has 6 nitrogen and oxygen atoms in total. The molecule has 2 rings (SSSR count). The van der Waals surface area contributed by atoms with Gasteiger partial charge in [0.2, 0.25) is 0 Å². The highest BCUT2D eigenvalue weighted by Gasteiger charge is 2.16. The predicted octanol–water partition coefficient (Wildman–Crippen LogP) is 4.41. The highest BCUT2D eigenvalue weighted by atomic mass is 19.1. The molecular formula is C22H25FN2O4. The lowest BCUT2D eigenvalue weighted by molar-refractivity contribution is 0.0513. The maximum Gasteiger partial charge on any atom is 0.407 e. The largest absolute Gasteiger partial charge is 0.467 e. The van der Waals surface area contributed by atoms with Gasteiger partial charge in [0.05, 0.1) is 11.6 Å². The molecule has 29 heavy (non-hydrogen) atoms. The van der Waals surface area contributed by atoms with Crippen molar-refractivity contribution in [3.63, 3.8) is 0 Å². The Bertz CT molecular complexity index is 901. The summed E-state index contributed by atoms with van der Waals surface area (Å²) in [5.41, 5.74) is 1.72. The van der Waals surface area contributed by atoms with Gasteiger partial charge in [-0.15, -0.1) is 0 Å². The summed E-state index contributed by atoms with van der Waals surface area (Å²) < 4.78 is 29.7. The number of nitrogens with one attached hydrogen (secondary N) is 1. The molecule has 0 aliphatic carbocycles. The summed E-state index contributed by atoms with van der Waals surface area (Å²) in [5, 5.41) is 11.8. The molecule has 2 aromatic rings. The SMILES string of the molecule is COCOc1ccc(CCNC(=O)OC(C)(C)C)cc1-c1cc(F)cc(C#N)c1. The van der Waals surface area contributed by atoms with Gasteiger partial charge in [-0.25, -0.2) is 9.18 Å². The maximum atomic E-state index is 13.9. The zero-order valence-electron chi connectivity index (χ0n) is 17.0. The van der Waals surface area contributed by atoms with Crippen LogP contribution in [0.1, 0.15) is 31.9 Å². The average Bonchev–Trinajstić information content (AvgIpc) is 2.64. The van der Waals surface area contributed by atoms with Gasteiger partial charge in [-0.3, -0.25) is 0 Å². The van der Waals surface area contributed by atoms with E-state index in [1.807, 2.05) is 18.2 Å². The first kappa shape index (κ1) is 22.2. The van der Waals surface area contributed by atoms with Gasteiger partial charge >= 0.3 is 6.09 Å². The fourth-order valence-electron chi connectivity index (χ4n) is 2.64. The van der Waals surface area contributed by atoms with Crippen LogP contribution in [0.15, 0.2) is 36.4 Å². The van der Waals surface area contributed by atoms with E-state index in [9.17, 15) is 9.18 Å². The molecule has 0 aliphatic heterocycles. The Hall–Kier alpha value is -3.11. The number of halogens is 1. The van der Waals surface area contributed by atoms with E-state index in [0.29, 0.717) is 29.8 Å². The fraction of sp³-hybridized carbons (Fsp3) is 0.364. The molecule has 2 aromatic carbocycles. The molecule has 0 atom stereocenters. The Morgan fingerprint density at radius 2 is 1.97 bits per heavy atom. The van der Waals surface area contributed by atoms with Crippen molar-refractivity contribution < 1.29 is 23.4 Å². The molecule has 0 aliphatic rings. The van der Waals surface area contributed by atoms with Gasteiger partial charge in [0, 0.05) is 19.2 Å². The van der Waals surface area contributed by atoms with Crippen LogP contribution in [0.4, 0.5) is 9.18 Å². The van der Waals surface area contributed by atoms with E-state index in [-0.39, 0.29) is 12.4 Å². The van der Waals surface area contributed by atoms with Gasteiger partial charge in [-0.2, -0.15) is 5.26 Å². The van der Waals surface area contributed by atoms with Gasteiger partial charge in [-0.05, 0) is 68.7 Å². The lowest BCUT2D eigenvalue weighted by Gasteiger charge is -2.19. The first-order valence-electron chi connectivity index (χ1n) is 9.14. The number of nitrogens with zero attached hydrogens (tertiary/aromatic N) is 1. The van der Waals surface area contributed by atoms with Gasteiger partial charge in [0.1, 0.15) is 17.2 Å². The summed E-state index contributed by atoms with van der Waals surface area (Å²) in [7, 11) is 1.51. The second-order valence-corrected chi connectivity index (χ2v) is 7.40. The molecule has 0 radical (unpaired) electrons. The number of methoxy groups -OCH3 is 1. The smallest absolute Gasteiger partial charge is 0.407 e. The summed E-state index contributed by atoms with van der Waals surface area (Å²) in [6, 6.07) is 11.5. The molecular weight excluding hydrogens is 375 g/mol. The summed E-state index contributed by atoms with van der Waals surface area (Å²) in [4.78, 5) is 11.8. The van der Waals surface area contributed by atoms with Crippen LogP contribution in [0.3, 0.4) is 0 Å². The van der Waals surface area contributed by atoms with Gasteiger partial charge < -0.3 is 19.5 Å². The second kappa shape index (κ2) is 9.89. The van der Waals surface area contributed by atoms with Crippen LogP contribution in [-0.4, -0.2) is 32.1 Å². The van der Waals surface area contributed by atoms with Crippen LogP contribution in [-0.2, 0) is 15.9 Å². The van der Waals surface area contributed by atoms with E-state index < -0.39 is 17.5 Å². The molecule has 0 unspecified atom stereocenters. The molecule has 0 bridgehead atoms. The Morgan fingerprint density at radius 1 is 1.21 bits per heavy atom. The molecule has 0 saturated heterocycles. The number of ether oxygens (including phenoxy) is 3. The Labute approximate surface area is 170 Å². The van der Waals surface area contributed by atoms with E-state index >= 15 is 0 Å². The van der Waals surface area contributed by atoms with Crippen molar-refractivity contribution in [1.82, 2.24) is 5.32 Å². The van der Waals surface area contributed by atoms with Crippen molar-refractivity contribution in [2.75, 3.05) is 20.4 Å². The number of carbonyl (C=O) groups excluding carboxylic acids is 1. The highest BCUT2D eigenvalue weighted by Crippen LogP contribution is 2.32. The minimum Gasteiger partial charge on any atom is -0.467 e. The van der Waals surface area contributed by atoms with E-state index in [1.165, 1.54) is 19.2 Å². The van der Waals surface area contributed by atoms with Gasteiger partial charge in [-0.1, -0.05) is 6.07 Å². The van der Waals surface area contributed by atoms with Crippen LogP contribution in [0.5, 0.6) is 5.75 Å². The quantitative estimate of drug-likeness (QED) is 0.696. The van der Waals surface area contributed by atoms with E-state index in [2.05, 4.69) is 5.32 Å². The topological polar surface area (TPSA) is 80.6 Å². The molecule has 0 fully saturated rings. The Kier molecular flexibility index (Phi) is 7.57. The highest BCUT2D eigenvalue weighted by molar-refractivity contribution is 5.72. The number of benzene rings is 2. The molecule has 0 spiro atoms. The second-order valence-electron chi connectivity index (χ2n) is 7.40.